The zero-order valence-corrected chi connectivity index (χ0v) is 24.0. The highest BCUT2D eigenvalue weighted by molar-refractivity contribution is 9.10. The highest BCUT2D eigenvalue weighted by atomic mass is 79.9. The molecule has 0 aliphatic heterocycles. The largest absolute Gasteiger partial charge is 0.408 e. The van der Waals surface area contributed by atoms with Gasteiger partial charge in [0.15, 0.2) is 0 Å². The molecule has 190 valence electrons. The monoisotopic (exact) mass is 659 g/mol. The van der Waals surface area contributed by atoms with Crippen LogP contribution in [0.1, 0.15) is 0 Å². The zero-order chi connectivity index (χ0) is 26.5. The molecular weight excluding hydrogens is 646 g/mol. The molecule has 0 bridgehead atoms. The molecule has 0 saturated heterocycles. The molecule has 0 radical (unpaired) electrons. The smallest absolute Gasteiger partial charge is 0.372 e. The maximum Gasteiger partial charge on any atom is 0.408 e. The van der Waals surface area contributed by atoms with E-state index in [0.29, 0.717) is 42.9 Å². The number of rotatable bonds is 8. The Bertz CT molecular complexity index is 1430. The standard InChI is InChI=1S/C24H15BrCl4N4O3S/c25-14-9-7-13(8-10-14)23-33(11-19(34)30-21-15(26)3-1-4-16(21)27)32-24(36-23)37-12-20(35)31-22-17(28)5-2-6-18(22)29/h1-10H,11-12H2,(H-,30,31,34,35)/p+1. The molecule has 0 unspecified atom stereocenters. The predicted octanol–water partition coefficient (Wildman–Crippen LogP) is 7.37. The van der Waals surface area contributed by atoms with E-state index in [0.717, 1.165) is 16.2 Å². The van der Waals surface area contributed by atoms with Crippen molar-refractivity contribution in [2.75, 3.05) is 16.4 Å². The Balaban J connectivity index is 1.52. The quantitative estimate of drug-likeness (QED) is 0.152. The predicted molar refractivity (Wildman–Crippen MR) is 151 cm³/mol. The number of para-hydroxylation sites is 2. The first-order valence-electron chi connectivity index (χ1n) is 10.5. The summed E-state index contributed by atoms with van der Waals surface area (Å²) in [6.45, 7) is -0.196. The number of amides is 2. The molecule has 4 rings (SSSR count). The minimum Gasteiger partial charge on any atom is -0.372 e. The molecule has 0 atom stereocenters. The Morgan fingerprint density at radius 3 is 1.89 bits per heavy atom. The van der Waals surface area contributed by atoms with E-state index in [4.69, 9.17) is 50.8 Å². The topological polar surface area (TPSA) is 88.1 Å². The van der Waals surface area contributed by atoms with E-state index in [2.05, 4.69) is 31.7 Å². The zero-order valence-electron chi connectivity index (χ0n) is 18.6. The third-order valence-corrected chi connectivity index (χ3v) is 7.39. The highest BCUT2D eigenvalue weighted by Crippen LogP contribution is 2.31. The Hall–Kier alpha value is -2.27. The Labute approximate surface area is 244 Å². The first-order chi connectivity index (χ1) is 17.7. The van der Waals surface area contributed by atoms with Crippen molar-refractivity contribution in [1.29, 1.82) is 0 Å². The Morgan fingerprint density at radius 1 is 0.838 bits per heavy atom. The van der Waals surface area contributed by atoms with Crippen LogP contribution in [0, 0.1) is 0 Å². The summed E-state index contributed by atoms with van der Waals surface area (Å²) in [6.07, 6.45) is 0. The summed E-state index contributed by atoms with van der Waals surface area (Å²) in [5.41, 5.74) is 1.30. The molecule has 2 N–H and O–H groups in total. The first-order valence-corrected chi connectivity index (χ1v) is 13.8. The lowest BCUT2D eigenvalue weighted by atomic mass is 10.2. The van der Waals surface area contributed by atoms with Crippen molar-refractivity contribution in [3.05, 3.63) is 85.2 Å². The van der Waals surface area contributed by atoms with E-state index in [-0.39, 0.29) is 23.4 Å². The van der Waals surface area contributed by atoms with E-state index in [1.165, 1.54) is 4.68 Å². The minimum absolute atomic E-state index is 0.0384. The normalized spacial score (nSPS) is 10.8. The van der Waals surface area contributed by atoms with Crippen molar-refractivity contribution in [3.8, 4) is 11.5 Å². The molecule has 7 nitrogen and oxygen atoms in total. The molecule has 3 aromatic carbocycles. The Kier molecular flexibility index (Phi) is 9.39. The number of thioether (sulfide) groups is 1. The lowest BCUT2D eigenvalue weighted by molar-refractivity contribution is -0.733. The second-order valence-electron chi connectivity index (χ2n) is 7.42. The van der Waals surface area contributed by atoms with Crippen LogP contribution < -0.4 is 15.3 Å². The number of halogens is 5. The van der Waals surface area contributed by atoms with Crippen LogP contribution in [0.25, 0.3) is 11.5 Å². The summed E-state index contributed by atoms with van der Waals surface area (Å²) in [5, 5.41) is 11.2. The van der Waals surface area contributed by atoms with Gasteiger partial charge in [0.2, 0.25) is 5.91 Å². The van der Waals surface area contributed by atoms with Gasteiger partial charge in [0, 0.05) is 4.47 Å². The summed E-state index contributed by atoms with van der Waals surface area (Å²) in [7, 11) is 0. The lowest BCUT2D eigenvalue weighted by Crippen LogP contribution is -2.43. The van der Waals surface area contributed by atoms with E-state index >= 15 is 0 Å². The maximum absolute atomic E-state index is 12.8. The molecule has 1 heterocycles. The van der Waals surface area contributed by atoms with Crippen molar-refractivity contribution < 1.29 is 18.7 Å². The van der Waals surface area contributed by atoms with Crippen LogP contribution in [-0.2, 0) is 16.1 Å². The van der Waals surface area contributed by atoms with E-state index < -0.39 is 5.91 Å². The van der Waals surface area contributed by atoms with Crippen LogP contribution in [0.2, 0.25) is 20.1 Å². The third-order valence-electron chi connectivity index (χ3n) is 4.79. The summed E-state index contributed by atoms with van der Waals surface area (Å²) < 4.78 is 8.19. The summed E-state index contributed by atoms with van der Waals surface area (Å²) in [5.74, 6) is -0.496. The summed E-state index contributed by atoms with van der Waals surface area (Å²) >= 11 is 29.0. The van der Waals surface area contributed by atoms with E-state index in [9.17, 15) is 9.59 Å². The lowest BCUT2D eigenvalue weighted by Gasteiger charge is -2.07. The van der Waals surface area contributed by atoms with Crippen molar-refractivity contribution >= 4 is 97.3 Å². The molecule has 1 aromatic heterocycles. The van der Waals surface area contributed by atoms with Gasteiger partial charge in [-0.1, -0.05) is 86.2 Å². The van der Waals surface area contributed by atoms with E-state index in [1.54, 1.807) is 36.4 Å². The molecule has 37 heavy (non-hydrogen) atoms. The number of anilines is 2. The highest BCUT2D eigenvalue weighted by Gasteiger charge is 2.28. The number of aromatic nitrogens is 2. The van der Waals surface area contributed by atoms with Gasteiger partial charge in [0.1, 0.15) is 0 Å². The van der Waals surface area contributed by atoms with Crippen LogP contribution in [-0.4, -0.2) is 22.7 Å². The number of hydrogen-bond acceptors (Lipinski definition) is 5. The SMILES string of the molecule is O=C(CSc1n[n+](CC(=O)Nc2c(Cl)cccc2Cl)c(-c2ccc(Br)cc2)o1)Nc1c(Cl)cccc1Cl. The molecule has 0 spiro atoms. The van der Waals surface area contributed by atoms with E-state index in [1.807, 2.05) is 24.3 Å². The molecule has 0 aliphatic rings. The van der Waals surface area contributed by atoms with Gasteiger partial charge in [-0.2, -0.15) is 0 Å². The average molecular weight is 662 g/mol. The van der Waals surface area contributed by atoms with Crippen molar-refractivity contribution in [3.63, 3.8) is 0 Å². The number of nitrogens with one attached hydrogen (secondary N) is 2. The fourth-order valence-corrected chi connectivity index (χ4v) is 4.99. The van der Waals surface area contributed by atoms with Gasteiger partial charge < -0.3 is 15.1 Å². The minimum atomic E-state index is -0.422. The molecule has 0 saturated carbocycles. The number of carbonyl (C=O) groups is 2. The maximum atomic E-state index is 12.8. The summed E-state index contributed by atoms with van der Waals surface area (Å²) in [4.78, 5) is 25.3. The van der Waals surface area contributed by atoms with Gasteiger partial charge in [0.05, 0.1) is 47.9 Å². The van der Waals surface area contributed by atoms with Crippen LogP contribution in [0.15, 0.2) is 74.8 Å². The van der Waals surface area contributed by atoms with Gasteiger partial charge in [-0.05, 0) is 53.2 Å². The number of hydrogen-bond donors (Lipinski definition) is 2. The van der Waals surface area contributed by atoms with Crippen molar-refractivity contribution in [2.45, 2.75) is 11.8 Å². The van der Waals surface area contributed by atoms with Gasteiger partial charge in [0.25, 0.3) is 12.5 Å². The van der Waals surface area contributed by atoms with Crippen molar-refractivity contribution in [2.24, 2.45) is 0 Å². The van der Waals surface area contributed by atoms with Gasteiger partial charge >= 0.3 is 11.1 Å². The Morgan fingerprint density at radius 2 is 1.35 bits per heavy atom. The van der Waals surface area contributed by atoms with Gasteiger partial charge in [-0.25, -0.2) is 0 Å². The second-order valence-corrected chi connectivity index (χ2v) is 10.9. The van der Waals surface area contributed by atoms with Gasteiger partial charge in [-0.15, -0.1) is 0 Å². The van der Waals surface area contributed by atoms with Crippen LogP contribution in [0.4, 0.5) is 11.4 Å². The third kappa shape index (κ3) is 7.19. The fraction of sp³-hybridized carbons (Fsp3) is 0.0833. The average Bonchev–Trinajstić information content (AvgIpc) is 3.25. The molecular formula is C24H16BrCl4N4O3S+. The van der Waals surface area contributed by atoms with Crippen molar-refractivity contribution in [1.82, 2.24) is 5.10 Å². The van der Waals surface area contributed by atoms with Crippen LogP contribution in [0.3, 0.4) is 0 Å². The number of carbonyl (C=O) groups excluding carboxylic acids is 2. The number of benzene rings is 3. The number of nitrogens with zero attached hydrogens (tertiary/aromatic N) is 2. The first kappa shape index (κ1) is 27.8. The second kappa shape index (κ2) is 12.5. The molecule has 0 aliphatic carbocycles. The molecule has 4 aromatic rings. The fourth-order valence-electron chi connectivity index (χ4n) is 3.12. The van der Waals surface area contributed by atoms with Crippen LogP contribution >= 0.6 is 74.1 Å². The molecule has 0 fully saturated rings. The van der Waals surface area contributed by atoms with Gasteiger partial charge in [-0.3, -0.25) is 9.59 Å². The van der Waals surface area contributed by atoms with Crippen LogP contribution in [0.5, 0.6) is 0 Å². The summed E-state index contributed by atoms with van der Waals surface area (Å²) in [6, 6.07) is 17.1. The molecule has 2 amide bonds. The molecule has 13 heteroatoms.